The van der Waals surface area contributed by atoms with E-state index in [9.17, 15) is 4.79 Å². The summed E-state index contributed by atoms with van der Waals surface area (Å²) < 4.78 is 0. The van der Waals surface area contributed by atoms with Crippen LogP contribution in [0.5, 0.6) is 0 Å². The summed E-state index contributed by atoms with van der Waals surface area (Å²) >= 11 is 5.13. The van der Waals surface area contributed by atoms with Gasteiger partial charge in [0.25, 0.3) is 0 Å². The lowest BCUT2D eigenvalue weighted by molar-refractivity contribution is -0.126. The summed E-state index contributed by atoms with van der Waals surface area (Å²) in [5.41, 5.74) is 5.79. The number of hydrogen-bond acceptors (Lipinski definition) is 4. The maximum atomic E-state index is 12.1. The fourth-order valence-corrected chi connectivity index (χ4v) is 3.11. The lowest BCUT2D eigenvalue weighted by atomic mass is 10.1. The van der Waals surface area contributed by atoms with Gasteiger partial charge < -0.3 is 11.1 Å². The van der Waals surface area contributed by atoms with Gasteiger partial charge in [-0.15, -0.1) is 0 Å². The molecule has 114 valence electrons. The van der Waals surface area contributed by atoms with Crippen molar-refractivity contribution in [3.63, 3.8) is 0 Å². The Morgan fingerprint density at radius 2 is 1.85 bits per heavy atom. The summed E-state index contributed by atoms with van der Waals surface area (Å²) in [6.07, 6.45) is 3.23. The maximum Gasteiger partial charge on any atom is 0.237 e. The zero-order valence-corrected chi connectivity index (χ0v) is 13.3. The molecule has 6 heteroatoms. The number of amides is 1. The lowest BCUT2D eigenvalue weighted by Gasteiger charge is -2.40. The van der Waals surface area contributed by atoms with Crippen molar-refractivity contribution in [2.24, 2.45) is 5.73 Å². The fourth-order valence-electron chi connectivity index (χ4n) is 2.79. The molecule has 5 nitrogen and oxygen atoms in total. The number of rotatable bonds is 6. The van der Waals surface area contributed by atoms with Crippen LogP contribution in [0, 0.1) is 0 Å². The standard InChI is InChI=1S/C14H26N4OS/c1-3-12(13(15)20)18-8-6-17(7-9-18)10(2)14(19)16-11-4-5-11/h10-12H,3-9H2,1-2H3,(H2,15,20)(H,16,19). The summed E-state index contributed by atoms with van der Waals surface area (Å²) in [5, 5.41) is 3.08. The highest BCUT2D eigenvalue weighted by atomic mass is 32.1. The van der Waals surface area contributed by atoms with Gasteiger partial charge in [-0.2, -0.15) is 0 Å². The predicted molar refractivity (Wildman–Crippen MR) is 84.6 cm³/mol. The molecule has 0 spiro atoms. The molecule has 0 aromatic carbocycles. The van der Waals surface area contributed by atoms with Crippen LogP contribution in [0.15, 0.2) is 0 Å². The van der Waals surface area contributed by atoms with E-state index < -0.39 is 0 Å². The average Bonchev–Trinajstić information content (AvgIpc) is 3.23. The van der Waals surface area contributed by atoms with E-state index in [0.717, 1.165) is 45.4 Å². The molecule has 2 fully saturated rings. The average molecular weight is 298 g/mol. The van der Waals surface area contributed by atoms with Crippen LogP contribution in [-0.4, -0.2) is 65.0 Å². The molecule has 2 unspecified atom stereocenters. The van der Waals surface area contributed by atoms with Crippen LogP contribution in [0.4, 0.5) is 0 Å². The van der Waals surface area contributed by atoms with E-state index in [4.69, 9.17) is 18.0 Å². The van der Waals surface area contributed by atoms with E-state index in [0.29, 0.717) is 11.0 Å². The largest absolute Gasteiger partial charge is 0.392 e. The minimum absolute atomic E-state index is 0.0392. The van der Waals surface area contributed by atoms with E-state index >= 15 is 0 Å². The molecule has 0 aromatic rings. The first kappa shape index (κ1) is 15.7. The number of nitrogens with zero attached hydrogens (tertiary/aromatic N) is 2. The summed E-state index contributed by atoms with van der Waals surface area (Å²) in [7, 11) is 0. The first-order chi connectivity index (χ1) is 9.52. The molecule has 2 rings (SSSR count). The van der Waals surface area contributed by atoms with Crippen molar-refractivity contribution in [2.45, 2.75) is 51.2 Å². The highest BCUT2D eigenvalue weighted by Crippen LogP contribution is 2.19. The zero-order valence-electron chi connectivity index (χ0n) is 12.5. The molecule has 2 aliphatic rings. The normalized spacial score (nSPS) is 24.1. The van der Waals surface area contributed by atoms with Crippen LogP contribution in [0.1, 0.15) is 33.1 Å². The summed E-state index contributed by atoms with van der Waals surface area (Å²) in [6.45, 7) is 7.77. The number of nitrogens with two attached hydrogens (primary N) is 1. The quantitative estimate of drug-likeness (QED) is 0.692. The summed E-state index contributed by atoms with van der Waals surface area (Å²) in [5.74, 6) is 0.169. The molecule has 2 atom stereocenters. The van der Waals surface area contributed by atoms with Gasteiger partial charge in [0.05, 0.1) is 17.1 Å². The molecule has 1 aliphatic carbocycles. The Morgan fingerprint density at radius 1 is 1.30 bits per heavy atom. The molecule has 20 heavy (non-hydrogen) atoms. The smallest absolute Gasteiger partial charge is 0.237 e. The second-order valence-corrected chi connectivity index (χ2v) is 6.33. The summed E-state index contributed by atoms with van der Waals surface area (Å²) in [6, 6.07) is 0.593. The first-order valence-electron chi connectivity index (χ1n) is 7.60. The van der Waals surface area contributed by atoms with Gasteiger partial charge in [0.1, 0.15) is 0 Å². The number of piperazine rings is 1. The van der Waals surface area contributed by atoms with Crippen molar-refractivity contribution in [1.82, 2.24) is 15.1 Å². The highest BCUT2D eigenvalue weighted by molar-refractivity contribution is 7.80. The van der Waals surface area contributed by atoms with Crippen molar-refractivity contribution < 1.29 is 4.79 Å². The second-order valence-electron chi connectivity index (χ2n) is 5.86. The van der Waals surface area contributed by atoms with Crippen LogP contribution < -0.4 is 11.1 Å². The van der Waals surface area contributed by atoms with Crippen LogP contribution in [0.25, 0.3) is 0 Å². The van der Waals surface area contributed by atoms with Gasteiger partial charge in [0.15, 0.2) is 0 Å². The van der Waals surface area contributed by atoms with E-state index in [2.05, 4.69) is 22.0 Å². The van der Waals surface area contributed by atoms with E-state index in [1.807, 2.05) is 6.92 Å². The molecule has 0 bridgehead atoms. The minimum atomic E-state index is -0.0392. The van der Waals surface area contributed by atoms with Gasteiger partial charge in [-0.05, 0) is 26.2 Å². The monoisotopic (exact) mass is 298 g/mol. The second kappa shape index (κ2) is 6.83. The molecular weight excluding hydrogens is 272 g/mol. The molecular formula is C14H26N4OS. The molecule has 1 aliphatic heterocycles. The van der Waals surface area contributed by atoms with Crippen molar-refractivity contribution >= 4 is 23.1 Å². The highest BCUT2D eigenvalue weighted by Gasteiger charge is 2.31. The van der Waals surface area contributed by atoms with Gasteiger partial charge in [-0.25, -0.2) is 0 Å². The third-order valence-electron chi connectivity index (χ3n) is 4.36. The number of carbonyl (C=O) groups excluding carboxylic acids is 1. The number of nitrogens with one attached hydrogen (secondary N) is 1. The van der Waals surface area contributed by atoms with Crippen molar-refractivity contribution in [3.8, 4) is 0 Å². The van der Waals surface area contributed by atoms with Crippen molar-refractivity contribution in [2.75, 3.05) is 26.2 Å². The molecule has 0 radical (unpaired) electrons. The van der Waals surface area contributed by atoms with Crippen LogP contribution in [0.3, 0.4) is 0 Å². The van der Waals surface area contributed by atoms with E-state index in [1.54, 1.807) is 0 Å². The summed E-state index contributed by atoms with van der Waals surface area (Å²) in [4.78, 5) is 17.2. The SMILES string of the molecule is CCC(C(N)=S)N1CCN(C(C)C(=O)NC2CC2)CC1. The Bertz CT molecular complexity index is 364. The fraction of sp³-hybridized carbons (Fsp3) is 0.857. The molecule has 1 saturated carbocycles. The topological polar surface area (TPSA) is 61.6 Å². The van der Waals surface area contributed by atoms with Crippen molar-refractivity contribution in [3.05, 3.63) is 0 Å². The number of hydrogen-bond donors (Lipinski definition) is 2. The Balaban J connectivity index is 1.80. The number of thiocarbonyl (C=S) groups is 1. The van der Waals surface area contributed by atoms with Crippen LogP contribution in [-0.2, 0) is 4.79 Å². The Labute approximate surface area is 126 Å². The molecule has 1 amide bonds. The third kappa shape index (κ3) is 3.90. The van der Waals surface area contributed by atoms with Gasteiger partial charge in [-0.1, -0.05) is 19.1 Å². The van der Waals surface area contributed by atoms with Crippen LogP contribution in [0.2, 0.25) is 0 Å². The Kier molecular flexibility index (Phi) is 5.35. The predicted octanol–water partition coefficient (Wildman–Crippen LogP) is 0.336. The first-order valence-corrected chi connectivity index (χ1v) is 8.01. The lowest BCUT2D eigenvalue weighted by Crippen LogP contribution is -2.57. The Hall–Kier alpha value is -0.720. The van der Waals surface area contributed by atoms with Crippen LogP contribution >= 0.6 is 12.2 Å². The minimum Gasteiger partial charge on any atom is -0.392 e. The molecule has 0 aromatic heterocycles. The molecule has 1 saturated heterocycles. The van der Waals surface area contributed by atoms with Crippen molar-refractivity contribution in [1.29, 1.82) is 0 Å². The molecule has 3 N–H and O–H groups in total. The van der Waals surface area contributed by atoms with Gasteiger partial charge in [0.2, 0.25) is 5.91 Å². The molecule has 1 heterocycles. The third-order valence-corrected chi connectivity index (χ3v) is 4.63. The van der Waals surface area contributed by atoms with Gasteiger partial charge in [-0.3, -0.25) is 14.6 Å². The van der Waals surface area contributed by atoms with Gasteiger partial charge in [0, 0.05) is 32.2 Å². The Morgan fingerprint density at radius 3 is 2.30 bits per heavy atom. The van der Waals surface area contributed by atoms with E-state index in [1.165, 1.54) is 0 Å². The maximum absolute atomic E-state index is 12.1. The number of carbonyl (C=O) groups is 1. The van der Waals surface area contributed by atoms with E-state index in [-0.39, 0.29) is 18.0 Å². The van der Waals surface area contributed by atoms with Gasteiger partial charge >= 0.3 is 0 Å². The zero-order chi connectivity index (χ0) is 14.7.